The highest BCUT2D eigenvalue weighted by Gasteiger charge is 2.22. The molecular weight excluding hydrogens is 395 g/mol. The van der Waals surface area contributed by atoms with Gasteiger partial charge in [-0.05, 0) is 37.1 Å². The lowest BCUT2D eigenvalue weighted by molar-refractivity contribution is 0.0680. The fourth-order valence-electron chi connectivity index (χ4n) is 3.41. The number of benzene rings is 2. The molecule has 4 rings (SSSR count). The van der Waals surface area contributed by atoms with Crippen molar-refractivity contribution in [3.63, 3.8) is 0 Å². The lowest BCUT2D eigenvalue weighted by Gasteiger charge is -2.11. The maximum absolute atomic E-state index is 14.1. The third kappa shape index (κ3) is 4.11. The van der Waals surface area contributed by atoms with E-state index in [9.17, 15) is 12.8 Å². The predicted molar refractivity (Wildman–Crippen MR) is 105 cm³/mol. The van der Waals surface area contributed by atoms with Gasteiger partial charge in [0.2, 0.25) is 0 Å². The lowest BCUT2D eigenvalue weighted by Crippen LogP contribution is -2.16. The Morgan fingerprint density at radius 1 is 1.28 bits per heavy atom. The van der Waals surface area contributed by atoms with Gasteiger partial charge in [-0.25, -0.2) is 12.8 Å². The van der Waals surface area contributed by atoms with Gasteiger partial charge in [-0.1, -0.05) is 6.07 Å². The zero-order chi connectivity index (χ0) is 20.4. The van der Waals surface area contributed by atoms with Crippen LogP contribution in [0.25, 0.3) is 10.9 Å². The maximum atomic E-state index is 14.1. The highest BCUT2D eigenvalue weighted by atomic mass is 32.2. The number of aromatic nitrogens is 1. The van der Waals surface area contributed by atoms with Crippen LogP contribution in [-0.2, 0) is 20.3 Å². The molecule has 2 heterocycles. The Morgan fingerprint density at radius 2 is 2.14 bits per heavy atom. The summed E-state index contributed by atoms with van der Waals surface area (Å²) in [6, 6.07) is 10.7. The van der Waals surface area contributed by atoms with E-state index in [2.05, 4.69) is 4.98 Å². The van der Waals surface area contributed by atoms with E-state index in [0.717, 1.165) is 25.5 Å². The van der Waals surface area contributed by atoms with E-state index in [1.165, 1.54) is 18.3 Å². The van der Waals surface area contributed by atoms with Gasteiger partial charge in [0, 0.05) is 29.8 Å². The molecule has 1 aromatic heterocycles. The van der Waals surface area contributed by atoms with Crippen molar-refractivity contribution in [1.82, 2.24) is 4.98 Å². The number of nitriles is 1. The topological polar surface area (TPSA) is 92.2 Å². The highest BCUT2D eigenvalue weighted by molar-refractivity contribution is 7.90. The highest BCUT2D eigenvalue weighted by Crippen LogP contribution is 2.29. The molecule has 150 valence electrons. The number of halogens is 1. The summed E-state index contributed by atoms with van der Waals surface area (Å²) in [6.07, 6.45) is 3.50. The van der Waals surface area contributed by atoms with Gasteiger partial charge in [0.15, 0.2) is 9.84 Å². The van der Waals surface area contributed by atoms with E-state index >= 15 is 0 Å². The zero-order valence-electron chi connectivity index (χ0n) is 15.5. The van der Waals surface area contributed by atoms with Crippen LogP contribution in [0.3, 0.4) is 0 Å². The number of fused-ring (bicyclic) bond motifs is 1. The number of rotatable bonds is 6. The van der Waals surface area contributed by atoms with Crippen LogP contribution in [0.15, 0.2) is 47.5 Å². The van der Waals surface area contributed by atoms with Crippen molar-refractivity contribution < 1.29 is 22.3 Å². The number of hydrogen-bond acceptors (Lipinski definition) is 5. The molecule has 8 heteroatoms. The van der Waals surface area contributed by atoms with Crippen LogP contribution in [0.2, 0.25) is 0 Å². The van der Waals surface area contributed by atoms with E-state index in [1.54, 1.807) is 18.2 Å². The Bertz CT molecular complexity index is 1190. The first-order valence-electron chi connectivity index (χ1n) is 9.23. The number of ether oxygens (including phenoxy) is 2. The molecule has 29 heavy (non-hydrogen) atoms. The Kier molecular flexibility index (Phi) is 5.26. The summed E-state index contributed by atoms with van der Waals surface area (Å²) in [6.45, 7) is 1.21. The molecule has 1 fully saturated rings. The second-order valence-corrected chi connectivity index (χ2v) is 8.94. The number of H-pyrrole nitrogens is 1. The van der Waals surface area contributed by atoms with E-state index in [-0.39, 0.29) is 22.1 Å². The van der Waals surface area contributed by atoms with Crippen molar-refractivity contribution in [2.45, 2.75) is 29.6 Å². The molecule has 1 atom stereocenters. The number of sulfone groups is 1. The molecule has 6 nitrogen and oxygen atoms in total. The molecule has 1 N–H and O–H groups in total. The van der Waals surface area contributed by atoms with Gasteiger partial charge < -0.3 is 14.5 Å². The zero-order valence-corrected chi connectivity index (χ0v) is 16.3. The molecule has 2 aromatic carbocycles. The van der Waals surface area contributed by atoms with Gasteiger partial charge in [0.25, 0.3) is 0 Å². The van der Waals surface area contributed by atoms with Crippen molar-refractivity contribution in [3.05, 3.63) is 59.5 Å². The van der Waals surface area contributed by atoms with Gasteiger partial charge in [0.05, 0.1) is 33.9 Å². The summed E-state index contributed by atoms with van der Waals surface area (Å²) in [5.74, 6) is -0.580. The van der Waals surface area contributed by atoms with Crippen LogP contribution >= 0.6 is 0 Å². The standard InChI is InChI=1S/C21H19FN2O4S/c22-19-8-14(10-23)3-4-15(19)13-29(25,26)21-11-24-20-9-16(5-6-18(20)21)28-12-17-2-1-7-27-17/h3-6,8-9,11,17,24H,1-2,7,12-13H2. The molecular formula is C21H19FN2O4S. The van der Waals surface area contributed by atoms with Gasteiger partial charge >= 0.3 is 0 Å². The van der Waals surface area contributed by atoms with Crippen LogP contribution in [0.1, 0.15) is 24.0 Å². The molecule has 0 saturated carbocycles. The summed E-state index contributed by atoms with van der Waals surface area (Å²) >= 11 is 0. The third-order valence-electron chi connectivity index (χ3n) is 4.94. The minimum absolute atomic E-state index is 0.0230. The Morgan fingerprint density at radius 3 is 2.86 bits per heavy atom. The summed E-state index contributed by atoms with van der Waals surface area (Å²) in [5.41, 5.74) is 0.787. The number of hydrogen-bond donors (Lipinski definition) is 1. The number of nitrogens with zero attached hydrogens (tertiary/aromatic N) is 1. The monoisotopic (exact) mass is 414 g/mol. The lowest BCUT2D eigenvalue weighted by atomic mass is 10.1. The Labute approximate surface area is 167 Å². The van der Waals surface area contributed by atoms with Crippen LogP contribution in [0.4, 0.5) is 4.39 Å². The SMILES string of the molecule is N#Cc1ccc(CS(=O)(=O)c2c[nH]c3cc(OCC4CCCO4)ccc23)c(F)c1. The van der Waals surface area contributed by atoms with Crippen molar-refractivity contribution in [1.29, 1.82) is 5.26 Å². The Hall–Kier alpha value is -2.89. The molecule has 0 spiro atoms. The molecule has 0 aliphatic carbocycles. The minimum atomic E-state index is -3.79. The molecule has 0 amide bonds. The quantitative estimate of drug-likeness (QED) is 0.664. The van der Waals surface area contributed by atoms with Crippen molar-refractivity contribution in [2.24, 2.45) is 0 Å². The van der Waals surface area contributed by atoms with E-state index in [1.807, 2.05) is 6.07 Å². The molecule has 3 aromatic rings. The summed E-state index contributed by atoms with van der Waals surface area (Å²) in [7, 11) is -3.79. The minimum Gasteiger partial charge on any atom is -0.491 e. The van der Waals surface area contributed by atoms with Crippen LogP contribution in [-0.4, -0.2) is 32.7 Å². The normalized spacial score (nSPS) is 16.8. The van der Waals surface area contributed by atoms with Crippen LogP contribution in [0, 0.1) is 17.1 Å². The van der Waals surface area contributed by atoms with Crippen LogP contribution in [0.5, 0.6) is 5.75 Å². The second-order valence-electron chi connectivity index (χ2n) is 6.98. The first kappa shape index (κ1) is 19.4. The summed E-state index contributed by atoms with van der Waals surface area (Å²) in [4.78, 5) is 3.05. The number of aromatic amines is 1. The smallest absolute Gasteiger partial charge is 0.184 e. The average Bonchev–Trinajstić information content (AvgIpc) is 3.37. The predicted octanol–water partition coefficient (Wildman–Crippen LogP) is 3.71. The first-order valence-corrected chi connectivity index (χ1v) is 10.9. The molecule has 1 saturated heterocycles. The van der Waals surface area contributed by atoms with Gasteiger partial charge in [-0.3, -0.25) is 0 Å². The van der Waals surface area contributed by atoms with Crippen molar-refractivity contribution in [3.8, 4) is 11.8 Å². The van der Waals surface area contributed by atoms with E-state index in [0.29, 0.717) is 23.3 Å². The third-order valence-corrected chi connectivity index (χ3v) is 6.64. The molecule has 0 radical (unpaired) electrons. The fraction of sp³-hybridized carbons (Fsp3) is 0.286. The average molecular weight is 414 g/mol. The molecule has 1 unspecified atom stereocenters. The van der Waals surface area contributed by atoms with Gasteiger partial charge in [-0.15, -0.1) is 0 Å². The van der Waals surface area contributed by atoms with Gasteiger partial charge in [0.1, 0.15) is 18.2 Å². The number of nitrogens with one attached hydrogen (secondary N) is 1. The maximum Gasteiger partial charge on any atom is 0.184 e. The summed E-state index contributed by atoms with van der Waals surface area (Å²) in [5, 5.41) is 9.34. The molecule has 1 aliphatic heterocycles. The first-order chi connectivity index (χ1) is 14.0. The molecule has 0 bridgehead atoms. The Balaban J connectivity index is 1.55. The van der Waals surface area contributed by atoms with E-state index in [4.69, 9.17) is 14.7 Å². The fourth-order valence-corrected chi connectivity index (χ4v) is 4.96. The summed E-state index contributed by atoms with van der Waals surface area (Å²) < 4.78 is 51.2. The largest absolute Gasteiger partial charge is 0.491 e. The van der Waals surface area contributed by atoms with Crippen LogP contribution < -0.4 is 4.74 Å². The second kappa shape index (κ2) is 7.85. The van der Waals surface area contributed by atoms with Gasteiger partial charge in [-0.2, -0.15) is 5.26 Å². The van der Waals surface area contributed by atoms with Crippen molar-refractivity contribution in [2.75, 3.05) is 13.2 Å². The van der Waals surface area contributed by atoms with Crippen molar-refractivity contribution >= 4 is 20.7 Å². The van der Waals surface area contributed by atoms with E-state index < -0.39 is 21.4 Å². The molecule has 1 aliphatic rings.